The molecule has 0 radical (unpaired) electrons. The first-order chi connectivity index (χ1) is 8.75. The van der Waals surface area contributed by atoms with Gasteiger partial charge in [0.2, 0.25) is 0 Å². The zero-order valence-electron chi connectivity index (χ0n) is 9.43. The fourth-order valence-electron chi connectivity index (χ4n) is 1.33. The molecule has 2 rings (SSSR count). The van der Waals surface area contributed by atoms with E-state index >= 15 is 0 Å². The number of hydrogen-bond acceptors (Lipinski definition) is 5. The number of amides is 1. The summed E-state index contributed by atoms with van der Waals surface area (Å²) in [4.78, 5) is 23.3. The van der Waals surface area contributed by atoms with E-state index in [1.54, 1.807) is 0 Å². The van der Waals surface area contributed by atoms with E-state index in [-0.39, 0.29) is 16.8 Å². The van der Waals surface area contributed by atoms with Gasteiger partial charge >= 0.3 is 0 Å². The quantitative estimate of drug-likeness (QED) is 0.773. The second-order valence-electron chi connectivity index (χ2n) is 3.52. The van der Waals surface area contributed by atoms with E-state index in [1.165, 1.54) is 18.7 Å². The predicted octanol–water partition coefficient (Wildman–Crippen LogP) is 0.611. The summed E-state index contributed by atoms with van der Waals surface area (Å²) < 4.78 is 0. The van der Waals surface area contributed by atoms with Gasteiger partial charge in [-0.1, -0.05) is 11.6 Å². The third-order valence-corrected chi connectivity index (χ3v) is 2.39. The fourth-order valence-corrected chi connectivity index (χ4v) is 1.43. The number of aromatic nitrogens is 5. The first kappa shape index (κ1) is 12.4. The summed E-state index contributed by atoms with van der Waals surface area (Å²) in [5, 5.41) is 9.49. The van der Waals surface area contributed by atoms with Crippen LogP contribution in [0.4, 0.5) is 0 Å². The van der Waals surface area contributed by atoms with Crippen LogP contribution in [0.25, 0.3) is 0 Å². The van der Waals surface area contributed by atoms with Gasteiger partial charge in [-0.2, -0.15) is 5.10 Å². The van der Waals surface area contributed by atoms with Crippen LogP contribution in [0.2, 0.25) is 5.15 Å². The molecule has 2 aromatic rings. The summed E-state index contributed by atoms with van der Waals surface area (Å²) in [7, 11) is 0. The zero-order valence-corrected chi connectivity index (χ0v) is 10.2. The Balaban J connectivity index is 1.73. The molecule has 18 heavy (non-hydrogen) atoms. The molecule has 2 N–H and O–H groups in total. The highest BCUT2D eigenvalue weighted by molar-refractivity contribution is 6.29. The number of nitrogens with zero attached hydrogens (tertiary/aromatic N) is 4. The lowest BCUT2D eigenvalue weighted by atomic mass is 10.3. The van der Waals surface area contributed by atoms with Crippen LogP contribution in [-0.2, 0) is 6.42 Å². The van der Waals surface area contributed by atoms with Gasteiger partial charge in [0.1, 0.15) is 23.0 Å². The normalized spacial score (nSPS) is 10.3. The minimum Gasteiger partial charge on any atom is -0.351 e. The Morgan fingerprint density at radius 1 is 1.33 bits per heavy atom. The fraction of sp³-hybridized carbons (Fsp3) is 0.300. The second-order valence-corrected chi connectivity index (χ2v) is 3.90. The van der Waals surface area contributed by atoms with Crippen LogP contribution in [0.15, 0.2) is 18.7 Å². The standard InChI is InChI=1S/C10H11ClN6O/c11-8-5-13-7(4-14-8)10(18)12-3-1-2-9-15-6-16-17-9/h4-6H,1-3H2,(H,12,18)(H,15,16,17). The number of aryl methyl sites for hydroxylation is 1. The lowest BCUT2D eigenvalue weighted by Gasteiger charge is -2.03. The number of carbonyl (C=O) groups excluding carboxylic acids is 1. The van der Waals surface area contributed by atoms with Crippen LogP contribution < -0.4 is 5.32 Å². The maximum absolute atomic E-state index is 11.6. The minimum absolute atomic E-state index is 0.249. The third-order valence-electron chi connectivity index (χ3n) is 2.19. The molecule has 0 saturated carbocycles. The van der Waals surface area contributed by atoms with Crippen molar-refractivity contribution in [1.29, 1.82) is 0 Å². The number of hydrogen-bond donors (Lipinski definition) is 2. The molecular formula is C10H11ClN6O. The lowest BCUT2D eigenvalue weighted by molar-refractivity contribution is 0.0948. The minimum atomic E-state index is -0.267. The van der Waals surface area contributed by atoms with Gasteiger partial charge in [0.15, 0.2) is 0 Å². The molecule has 2 aromatic heterocycles. The van der Waals surface area contributed by atoms with Gasteiger partial charge in [-0.15, -0.1) is 0 Å². The van der Waals surface area contributed by atoms with Crippen molar-refractivity contribution >= 4 is 17.5 Å². The molecule has 1 amide bonds. The van der Waals surface area contributed by atoms with E-state index in [1.807, 2.05) is 0 Å². The van der Waals surface area contributed by atoms with E-state index < -0.39 is 0 Å². The van der Waals surface area contributed by atoms with E-state index in [4.69, 9.17) is 11.6 Å². The Kier molecular flexibility index (Phi) is 4.19. The van der Waals surface area contributed by atoms with Gasteiger partial charge in [-0.3, -0.25) is 9.89 Å². The molecule has 2 heterocycles. The van der Waals surface area contributed by atoms with Crippen molar-refractivity contribution < 1.29 is 4.79 Å². The molecule has 0 aliphatic rings. The molecule has 7 nitrogen and oxygen atoms in total. The van der Waals surface area contributed by atoms with Crippen molar-refractivity contribution in [3.05, 3.63) is 35.4 Å². The maximum atomic E-state index is 11.6. The summed E-state index contributed by atoms with van der Waals surface area (Å²) in [5.41, 5.74) is 0.249. The Morgan fingerprint density at radius 2 is 2.22 bits per heavy atom. The van der Waals surface area contributed by atoms with Crippen molar-refractivity contribution in [3.8, 4) is 0 Å². The average molecular weight is 267 g/mol. The molecule has 94 valence electrons. The van der Waals surface area contributed by atoms with Crippen LogP contribution in [0, 0.1) is 0 Å². The van der Waals surface area contributed by atoms with Crippen molar-refractivity contribution in [2.24, 2.45) is 0 Å². The highest BCUT2D eigenvalue weighted by atomic mass is 35.5. The number of rotatable bonds is 5. The molecule has 0 atom stereocenters. The lowest BCUT2D eigenvalue weighted by Crippen LogP contribution is -2.25. The van der Waals surface area contributed by atoms with Crippen molar-refractivity contribution in [2.45, 2.75) is 12.8 Å². The Hall–Kier alpha value is -2.02. The van der Waals surface area contributed by atoms with E-state index in [9.17, 15) is 4.79 Å². The molecule has 0 unspecified atom stereocenters. The van der Waals surface area contributed by atoms with Gasteiger partial charge in [-0.05, 0) is 6.42 Å². The first-order valence-corrected chi connectivity index (χ1v) is 5.73. The van der Waals surface area contributed by atoms with E-state index in [0.29, 0.717) is 6.54 Å². The van der Waals surface area contributed by atoms with Crippen LogP contribution in [0.3, 0.4) is 0 Å². The molecule has 0 fully saturated rings. The van der Waals surface area contributed by atoms with Crippen LogP contribution in [0.5, 0.6) is 0 Å². The van der Waals surface area contributed by atoms with Gasteiger partial charge in [0.25, 0.3) is 5.91 Å². The Bertz CT molecular complexity index is 498. The zero-order chi connectivity index (χ0) is 12.8. The smallest absolute Gasteiger partial charge is 0.271 e. The third kappa shape index (κ3) is 3.49. The van der Waals surface area contributed by atoms with Gasteiger partial charge < -0.3 is 5.32 Å². The van der Waals surface area contributed by atoms with Crippen LogP contribution >= 0.6 is 11.6 Å². The average Bonchev–Trinajstić information content (AvgIpc) is 2.88. The van der Waals surface area contributed by atoms with Gasteiger partial charge in [0, 0.05) is 13.0 Å². The molecular weight excluding hydrogens is 256 g/mol. The topological polar surface area (TPSA) is 96.5 Å². The maximum Gasteiger partial charge on any atom is 0.271 e. The summed E-state index contributed by atoms with van der Waals surface area (Å²) >= 11 is 5.58. The summed E-state index contributed by atoms with van der Waals surface area (Å²) in [6, 6.07) is 0. The number of nitrogens with one attached hydrogen (secondary N) is 2. The largest absolute Gasteiger partial charge is 0.351 e. The van der Waals surface area contributed by atoms with Crippen molar-refractivity contribution in [2.75, 3.05) is 6.54 Å². The van der Waals surface area contributed by atoms with Gasteiger partial charge in [0.05, 0.1) is 12.4 Å². The number of aromatic amines is 1. The first-order valence-electron chi connectivity index (χ1n) is 5.35. The molecule has 0 aliphatic heterocycles. The monoisotopic (exact) mass is 266 g/mol. The Labute approximate surface area is 108 Å². The number of H-pyrrole nitrogens is 1. The SMILES string of the molecule is O=C(NCCCc1ncn[nH]1)c1cnc(Cl)cn1. The second kappa shape index (κ2) is 6.06. The van der Waals surface area contributed by atoms with Crippen molar-refractivity contribution in [1.82, 2.24) is 30.5 Å². The molecule has 0 spiro atoms. The summed E-state index contributed by atoms with van der Waals surface area (Å²) in [5.74, 6) is 0.535. The van der Waals surface area contributed by atoms with Gasteiger partial charge in [-0.25, -0.2) is 15.0 Å². The molecule has 0 bridgehead atoms. The highest BCUT2D eigenvalue weighted by Crippen LogP contribution is 2.01. The highest BCUT2D eigenvalue weighted by Gasteiger charge is 2.06. The van der Waals surface area contributed by atoms with Crippen LogP contribution in [-0.4, -0.2) is 37.6 Å². The molecule has 0 saturated heterocycles. The Morgan fingerprint density at radius 3 is 2.89 bits per heavy atom. The van der Waals surface area contributed by atoms with E-state index in [0.717, 1.165) is 18.7 Å². The number of halogens is 1. The summed E-state index contributed by atoms with van der Waals surface area (Å²) in [6.45, 7) is 0.532. The molecule has 8 heteroatoms. The molecule has 0 aromatic carbocycles. The summed E-state index contributed by atoms with van der Waals surface area (Å²) in [6.07, 6.45) is 5.63. The van der Waals surface area contributed by atoms with Crippen LogP contribution in [0.1, 0.15) is 22.7 Å². The van der Waals surface area contributed by atoms with E-state index in [2.05, 4.69) is 30.5 Å². The number of carbonyl (C=O) groups is 1. The predicted molar refractivity (Wildman–Crippen MR) is 64.1 cm³/mol. The molecule has 0 aliphatic carbocycles. The van der Waals surface area contributed by atoms with Crippen molar-refractivity contribution in [3.63, 3.8) is 0 Å².